The lowest BCUT2D eigenvalue weighted by atomic mass is 9.74. The smallest absolute Gasteiger partial charge is 0.0580 e. The summed E-state index contributed by atoms with van der Waals surface area (Å²) in [5.74, 6) is 2.97. The summed E-state index contributed by atoms with van der Waals surface area (Å²) in [5, 5.41) is 10.3. The Labute approximate surface area is 131 Å². The summed E-state index contributed by atoms with van der Waals surface area (Å²) in [4.78, 5) is 4.93. The molecule has 0 radical (unpaired) electrons. The Morgan fingerprint density at radius 2 is 1.76 bits per heavy atom. The molecule has 0 amide bonds. The van der Waals surface area contributed by atoms with Gasteiger partial charge >= 0.3 is 0 Å². The first kappa shape index (κ1) is 17.2. The highest BCUT2D eigenvalue weighted by molar-refractivity contribution is 4.84. The van der Waals surface area contributed by atoms with Crippen LogP contribution >= 0.6 is 0 Å². The first-order chi connectivity index (χ1) is 9.95. The van der Waals surface area contributed by atoms with E-state index in [2.05, 4.69) is 37.7 Å². The van der Waals surface area contributed by atoms with E-state index in [0.717, 1.165) is 30.7 Å². The van der Waals surface area contributed by atoms with Crippen LogP contribution in [0.4, 0.5) is 0 Å². The molecule has 1 aliphatic heterocycles. The number of nitrogens with zero attached hydrogens (tertiary/aromatic N) is 2. The summed E-state index contributed by atoms with van der Waals surface area (Å²) in [5.41, 5.74) is 0. The second-order valence-corrected chi connectivity index (χ2v) is 8.15. The van der Waals surface area contributed by atoms with Crippen molar-refractivity contribution in [1.82, 2.24) is 9.80 Å². The Bertz CT molecular complexity index is 298. The Morgan fingerprint density at radius 1 is 1.10 bits per heavy atom. The average molecular weight is 296 g/mol. The summed E-state index contributed by atoms with van der Waals surface area (Å²) in [6, 6.07) is 0. The molecule has 3 atom stereocenters. The fourth-order valence-electron chi connectivity index (χ4n) is 4.29. The molecule has 1 saturated carbocycles. The summed E-state index contributed by atoms with van der Waals surface area (Å²) in [6.45, 7) is 9.49. The fraction of sp³-hybridized carbons (Fsp3) is 1.00. The van der Waals surface area contributed by atoms with Gasteiger partial charge in [-0.25, -0.2) is 0 Å². The molecule has 2 aliphatic rings. The molecule has 0 aromatic rings. The van der Waals surface area contributed by atoms with E-state index in [1.54, 1.807) is 0 Å². The monoisotopic (exact) mass is 296 g/mol. The predicted octanol–water partition coefficient (Wildman–Crippen LogP) is 2.69. The quantitative estimate of drug-likeness (QED) is 0.845. The lowest BCUT2D eigenvalue weighted by Crippen LogP contribution is -2.43. The van der Waals surface area contributed by atoms with Crippen molar-refractivity contribution in [3.8, 4) is 0 Å². The third kappa shape index (κ3) is 5.22. The van der Waals surface area contributed by atoms with Gasteiger partial charge in [0.2, 0.25) is 0 Å². The number of aliphatic hydroxyl groups excluding tert-OH is 1. The minimum Gasteiger partial charge on any atom is -0.393 e. The van der Waals surface area contributed by atoms with E-state index >= 15 is 0 Å². The lowest BCUT2D eigenvalue weighted by molar-refractivity contribution is 0.0120. The van der Waals surface area contributed by atoms with E-state index < -0.39 is 0 Å². The van der Waals surface area contributed by atoms with Gasteiger partial charge in [0.05, 0.1) is 6.10 Å². The Hall–Kier alpha value is -0.120. The van der Waals surface area contributed by atoms with Gasteiger partial charge in [-0.05, 0) is 83.0 Å². The van der Waals surface area contributed by atoms with Crippen molar-refractivity contribution in [2.24, 2.45) is 23.7 Å². The van der Waals surface area contributed by atoms with Crippen LogP contribution in [0.25, 0.3) is 0 Å². The van der Waals surface area contributed by atoms with Gasteiger partial charge in [-0.15, -0.1) is 0 Å². The molecule has 21 heavy (non-hydrogen) atoms. The van der Waals surface area contributed by atoms with Crippen molar-refractivity contribution >= 4 is 0 Å². The summed E-state index contributed by atoms with van der Waals surface area (Å²) in [6.07, 6.45) is 6.07. The first-order valence-electron chi connectivity index (χ1n) is 9.00. The Kier molecular flexibility index (Phi) is 6.51. The molecular formula is C18H36N2O. The summed E-state index contributed by atoms with van der Waals surface area (Å²) in [7, 11) is 4.35. The maximum absolute atomic E-state index is 10.3. The van der Waals surface area contributed by atoms with Crippen molar-refractivity contribution in [3.63, 3.8) is 0 Å². The molecule has 0 bridgehead atoms. The molecule has 0 aromatic carbocycles. The second kappa shape index (κ2) is 7.94. The second-order valence-electron chi connectivity index (χ2n) is 8.15. The summed E-state index contributed by atoms with van der Waals surface area (Å²) < 4.78 is 0. The number of hydrogen-bond acceptors (Lipinski definition) is 3. The maximum atomic E-state index is 10.3. The highest BCUT2D eigenvalue weighted by Gasteiger charge is 2.32. The van der Waals surface area contributed by atoms with E-state index in [0.29, 0.717) is 5.92 Å². The largest absolute Gasteiger partial charge is 0.393 e. The molecule has 3 heteroatoms. The number of likely N-dealkylation sites (tertiary alicyclic amines) is 1. The molecule has 3 nitrogen and oxygen atoms in total. The molecule has 1 aliphatic carbocycles. The molecule has 2 rings (SSSR count). The molecule has 0 spiro atoms. The highest BCUT2D eigenvalue weighted by atomic mass is 16.3. The molecule has 124 valence electrons. The minimum atomic E-state index is -0.0560. The lowest BCUT2D eigenvalue weighted by Gasteiger charge is -2.40. The first-order valence-corrected chi connectivity index (χ1v) is 9.00. The molecule has 1 saturated heterocycles. The zero-order chi connectivity index (χ0) is 15.4. The van der Waals surface area contributed by atoms with Crippen molar-refractivity contribution in [3.05, 3.63) is 0 Å². The summed E-state index contributed by atoms with van der Waals surface area (Å²) >= 11 is 0. The van der Waals surface area contributed by atoms with Gasteiger partial charge in [-0.2, -0.15) is 0 Å². The van der Waals surface area contributed by atoms with Crippen LogP contribution in [0, 0.1) is 23.7 Å². The number of rotatable bonds is 5. The molecule has 1 N–H and O–H groups in total. The number of piperidine rings is 1. The number of hydrogen-bond donors (Lipinski definition) is 1. The van der Waals surface area contributed by atoms with Gasteiger partial charge in [0.25, 0.3) is 0 Å². The van der Waals surface area contributed by atoms with E-state index in [-0.39, 0.29) is 6.10 Å². The zero-order valence-electron chi connectivity index (χ0n) is 14.6. The normalized spacial score (nSPS) is 33.0. The van der Waals surface area contributed by atoms with Crippen LogP contribution in [0.5, 0.6) is 0 Å². The maximum Gasteiger partial charge on any atom is 0.0580 e. The van der Waals surface area contributed by atoms with Gasteiger partial charge in [0, 0.05) is 13.1 Å². The molecule has 0 aromatic heterocycles. The van der Waals surface area contributed by atoms with E-state index in [9.17, 15) is 5.11 Å². The standard InChI is InChI=1S/C18H36N2O/c1-14(2)16-5-6-18(21)17(11-16)13-20-9-7-15(8-10-20)12-19(3)4/h14-18,21H,5-13H2,1-4H3. The van der Waals surface area contributed by atoms with Gasteiger partial charge in [0.1, 0.15) is 0 Å². The van der Waals surface area contributed by atoms with Crippen molar-refractivity contribution < 1.29 is 5.11 Å². The van der Waals surface area contributed by atoms with Crippen LogP contribution in [0.15, 0.2) is 0 Å². The van der Waals surface area contributed by atoms with Crippen LogP contribution in [0.1, 0.15) is 46.0 Å². The molecule has 3 unspecified atom stereocenters. The number of aliphatic hydroxyl groups is 1. The van der Waals surface area contributed by atoms with Gasteiger partial charge in [0.15, 0.2) is 0 Å². The van der Waals surface area contributed by atoms with Crippen molar-refractivity contribution in [1.29, 1.82) is 0 Å². The van der Waals surface area contributed by atoms with Gasteiger partial charge < -0.3 is 14.9 Å². The van der Waals surface area contributed by atoms with E-state index in [4.69, 9.17) is 0 Å². The highest BCUT2D eigenvalue weighted by Crippen LogP contribution is 2.34. The van der Waals surface area contributed by atoms with Gasteiger partial charge in [-0.3, -0.25) is 0 Å². The average Bonchev–Trinajstić information content (AvgIpc) is 2.42. The van der Waals surface area contributed by atoms with E-state index in [1.165, 1.54) is 45.3 Å². The van der Waals surface area contributed by atoms with Crippen molar-refractivity contribution in [2.45, 2.75) is 52.1 Å². The van der Waals surface area contributed by atoms with Crippen LogP contribution in [-0.2, 0) is 0 Å². The van der Waals surface area contributed by atoms with Crippen LogP contribution < -0.4 is 0 Å². The third-order valence-corrected chi connectivity index (χ3v) is 5.75. The zero-order valence-corrected chi connectivity index (χ0v) is 14.6. The molecule has 1 heterocycles. The van der Waals surface area contributed by atoms with E-state index in [1.807, 2.05) is 0 Å². The molecule has 2 fully saturated rings. The van der Waals surface area contributed by atoms with Crippen molar-refractivity contribution in [2.75, 3.05) is 40.3 Å². The molecular weight excluding hydrogens is 260 g/mol. The van der Waals surface area contributed by atoms with Gasteiger partial charge in [-0.1, -0.05) is 13.8 Å². The fourth-order valence-corrected chi connectivity index (χ4v) is 4.29. The van der Waals surface area contributed by atoms with Crippen LogP contribution in [0.2, 0.25) is 0 Å². The Morgan fingerprint density at radius 3 is 2.33 bits per heavy atom. The SMILES string of the molecule is CC(C)C1CCC(O)C(CN2CCC(CN(C)C)CC2)C1. The third-order valence-electron chi connectivity index (χ3n) is 5.75. The topological polar surface area (TPSA) is 26.7 Å². The Balaban J connectivity index is 1.76. The van der Waals surface area contributed by atoms with Crippen LogP contribution in [0.3, 0.4) is 0 Å². The van der Waals surface area contributed by atoms with Crippen LogP contribution in [-0.4, -0.2) is 61.3 Å². The minimum absolute atomic E-state index is 0.0560. The predicted molar refractivity (Wildman–Crippen MR) is 89.4 cm³/mol.